The molecule has 1 aliphatic carbocycles. The van der Waals surface area contributed by atoms with Gasteiger partial charge in [-0.1, -0.05) is 12.8 Å². The van der Waals surface area contributed by atoms with Crippen LogP contribution < -0.4 is 11.5 Å². The second-order valence-electron chi connectivity index (χ2n) is 5.39. The lowest BCUT2D eigenvalue weighted by Crippen LogP contribution is -2.63. The first kappa shape index (κ1) is 12.5. The summed E-state index contributed by atoms with van der Waals surface area (Å²) in [6.07, 6.45) is 3.42. The fourth-order valence-electron chi connectivity index (χ4n) is 1.85. The van der Waals surface area contributed by atoms with E-state index in [4.69, 9.17) is 16.2 Å². The molecule has 4 nitrogen and oxygen atoms in total. The molecule has 0 unspecified atom stereocenters. The number of hydrogen-bond donors (Lipinski definition) is 2. The van der Waals surface area contributed by atoms with Gasteiger partial charge in [-0.2, -0.15) is 0 Å². The predicted molar refractivity (Wildman–Crippen MR) is 59.2 cm³/mol. The number of esters is 1. The Morgan fingerprint density at radius 2 is 2.00 bits per heavy atom. The van der Waals surface area contributed by atoms with E-state index >= 15 is 0 Å². The molecule has 0 aromatic carbocycles. The van der Waals surface area contributed by atoms with E-state index in [1.807, 2.05) is 20.8 Å². The van der Waals surface area contributed by atoms with Gasteiger partial charge >= 0.3 is 5.97 Å². The minimum Gasteiger partial charge on any atom is -0.459 e. The van der Waals surface area contributed by atoms with Gasteiger partial charge < -0.3 is 16.2 Å². The third-order valence-corrected chi connectivity index (χ3v) is 2.80. The topological polar surface area (TPSA) is 78.3 Å². The molecule has 0 aromatic rings. The van der Waals surface area contributed by atoms with Gasteiger partial charge in [-0.25, -0.2) is 4.79 Å². The maximum atomic E-state index is 11.9. The summed E-state index contributed by atoms with van der Waals surface area (Å²) < 4.78 is 5.31. The van der Waals surface area contributed by atoms with Crippen molar-refractivity contribution in [2.24, 2.45) is 11.5 Å². The average Bonchev–Trinajstić information content (AvgIpc) is 2.07. The Hall–Kier alpha value is -0.610. The van der Waals surface area contributed by atoms with Crippen LogP contribution in [-0.4, -0.2) is 23.2 Å². The molecule has 0 heterocycles. The number of carbonyl (C=O) groups excluding carboxylic acids is 1. The number of nitrogens with two attached hydrogens (primary N) is 2. The van der Waals surface area contributed by atoms with Crippen molar-refractivity contribution in [3.05, 3.63) is 0 Å². The van der Waals surface area contributed by atoms with E-state index < -0.39 is 11.1 Å². The predicted octanol–water partition coefficient (Wildman–Crippen LogP) is 0.927. The molecule has 0 aliphatic heterocycles. The molecule has 0 spiro atoms. The van der Waals surface area contributed by atoms with Gasteiger partial charge in [0.05, 0.1) is 0 Å². The maximum absolute atomic E-state index is 11.9. The van der Waals surface area contributed by atoms with Gasteiger partial charge in [-0.05, 0) is 33.6 Å². The molecule has 15 heavy (non-hydrogen) atoms. The Balaban J connectivity index is 2.71. The van der Waals surface area contributed by atoms with Crippen molar-refractivity contribution in [2.75, 3.05) is 0 Å². The Morgan fingerprint density at radius 1 is 1.40 bits per heavy atom. The molecule has 1 rings (SSSR count). The molecule has 0 aromatic heterocycles. The lowest BCUT2D eigenvalue weighted by atomic mass is 9.78. The van der Waals surface area contributed by atoms with Gasteiger partial charge in [0.2, 0.25) is 0 Å². The van der Waals surface area contributed by atoms with Crippen LogP contribution in [0.4, 0.5) is 0 Å². The van der Waals surface area contributed by atoms with Gasteiger partial charge in [0, 0.05) is 6.04 Å². The van der Waals surface area contributed by atoms with Gasteiger partial charge in [0.25, 0.3) is 0 Å². The molecule has 88 valence electrons. The molecule has 1 fully saturated rings. The molecule has 0 radical (unpaired) electrons. The van der Waals surface area contributed by atoms with Gasteiger partial charge in [-0.3, -0.25) is 0 Å². The first-order chi connectivity index (χ1) is 6.76. The minimum atomic E-state index is -0.981. The SMILES string of the molecule is CC(C)(C)OC(=O)[C@]1(N)CCCC[C@H]1N. The first-order valence-corrected chi connectivity index (χ1v) is 5.53. The number of hydrogen-bond acceptors (Lipinski definition) is 4. The average molecular weight is 214 g/mol. The van der Waals surface area contributed by atoms with Crippen LogP contribution in [0.15, 0.2) is 0 Å². The Labute approximate surface area is 91.3 Å². The summed E-state index contributed by atoms with van der Waals surface area (Å²) in [6, 6.07) is -0.277. The van der Waals surface area contributed by atoms with Crippen LogP contribution in [0.5, 0.6) is 0 Å². The fourth-order valence-corrected chi connectivity index (χ4v) is 1.85. The number of rotatable bonds is 1. The molecule has 1 saturated carbocycles. The summed E-state index contributed by atoms with van der Waals surface area (Å²) in [7, 11) is 0. The smallest absolute Gasteiger partial charge is 0.328 e. The second-order valence-corrected chi connectivity index (χ2v) is 5.39. The van der Waals surface area contributed by atoms with Gasteiger partial charge in [0.1, 0.15) is 11.1 Å². The van der Waals surface area contributed by atoms with Crippen molar-refractivity contribution in [3.63, 3.8) is 0 Å². The zero-order valence-electron chi connectivity index (χ0n) is 9.88. The van der Waals surface area contributed by atoms with Crippen molar-refractivity contribution in [2.45, 2.75) is 63.6 Å². The molecule has 0 saturated heterocycles. The quantitative estimate of drug-likeness (QED) is 0.636. The van der Waals surface area contributed by atoms with Crippen molar-refractivity contribution < 1.29 is 9.53 Å². The van der Waals surface area contributed by atoms with Crippen molar-refractivity contribution in [1.29, 1.82) is 0 Å². The molecular formula is C11H22N2O2. The first-order valence-electron chi connectivity index (χ1n) is 5.53. The third kappa shape index (κ3) is 2.92. The molecule has 2 atom stereocenters. The van der Waals surface area contributed by atoms with Crippen molar-refractivity contribution in [1.82, 2.24) is 0 Å². The Kier molecular flexibility index (Phi) is 3.41. The summed E-state index contributed by atoms with van der Waals surface area (Å²) >= 11 is 0. The van der Waals surface area contributed by atoms with Crippen LogP contribution in [0.1, 0.15) is 46.5 Å². The Bertz CT molecular complexity index is 247. The zero-order valence-corrected chi connectivity index (χ0v) is 9.88. The lowest BCUT2D eigenvalue weighted by Gasteiger charge is -2.38. The molecular weight excluding hydrogens is 192 g/mol. The molecule has 4 N–H and O–H groups in total. The summed E-state index contributed by atoms with van der Waals surface area (Å²) in [6.45, 7) is 5.51. The van der Waals surface area contributed by atoms with Crippen LogP contribution in [-0.2, 0) is 9.53 Å². The molecule has 0 amide bonds. The van der Waals surface area contributed by atoms with Gasteiger partial charge in [0.15, 0.2) is 0 Å². The van der Waals surface area contributed by atoms with Crippen LogP contribution in [0.25, 0.3) is 0 Å². The highest BCUT2D eigenvalue weighted by atomic mass is 16.6. The van der Waals surface area contributed by atoms with Crippen molar-refractivity contribution >= 4 is 5.97 Å². The van der Waals surface area contributed by atoms with Crippen LogP contribution in [0, 0.1) is 0 Å². The van der Waals surface area contributed by atoms with E-state index in [-0.39, 0.29) is 12.0 Å². The normalized spacial score (nSPS) is 32.5. The monoisotopic (exact) mass is 214 g/mol. The number of ether oxygens (including phenoxy) is 1. The van der Waals surface area contributed by atoms with Gasteiger partial charge in [-0.15, -0.1) is 0 Å². The summed E-state index contributed by atoms with van der Waals surface area (Å²) in [4.78, 5) is 11.9. The summed E-state index contributed by atoms with van der Waals surface area (Å²) in [5, 5.41) is 0. The highest BCUT2D eigenvalue weighted by Crippen LogP contribution is 2.27. The van der Waals surface area contributed by atoms with E-state index in [0.717, 1.165) is 19.3 Å². The summed E-state index contributed by atoms with van der Waals surface area (Å²) in [5.41, 5.74) is 10.5. The zero-order chi connectivity index (χ0) is 11.7. The fraction of sp³-hybridized carbons (Fsp3) is 0.909. The van der Waals surface area contributed by atoms with Crippen molar-refractivity contribution in [3.8, 4) is 0 Å². The van der Waals surface area contributed by atoms with E-state index in [9.17, 15) is 4.79 Å². The Morgan fingerprint density at radius 3 is 2.47 bits per heavy atom. The molecule has 0 bridgehead atoms. The minimum absolute atomic E-state index is 0.277. The standard InChI is InChI=1S/C11H22N2O2/c1-10(2,3)15-9(14)11(13)7-5-4-6-8(11)12/h8H,4-7,12-13H2,1-3H3/t8-,11+/m1/s1. The van der Waals surface area contributed by atoms with E-state index in [1.165, 1.54) is 0 Å². The second kappa shape index (κ2) is 4.10. The van der Waals surface area contributed by atoms with Crippen LogP contribution in [0.3, 0.4) is 0 Å². The van der Waals surface area contributed by atoms with E-state index in [0.29, 0.717) is 6.42 Å². The number of carbonyl (C=O) groups is 1. The van der Waals surface area contributed by atoms with Crippen LogP contribution in [0.2, 0.25) is 0 Å². The van der Waals surface area contributed by atoms with Crippen LogP contribution >= 0.6 is 0 Å². The largest absolute Gasteiger partial charge is 0.459 e. The molecule has 4 heteroatoms. The van der Waals surface area contributed by atoms with E-state index in [2.05, 4.69) is 0 Å². The highest BCUT2D eigenvalue weighted by molar-refractivity contribution is 5.82. The third-order valence-electron chi connectivity index (χ3n) is 2.80. The summed E-state index contributed by atoms with van der Waals surface area (Å²) in [5.74, 6) is -0.359. The van der Waals surface area contributed by atoms with E-state index in [1.54, 1.807) is 0 Å². The molecule has 1 aliphatic rings. The lowest BCUT2D eigenvalue weighted by molar-refractivity contribution is -0.163. The highest BCUT2D eigenvalue weighted by Gasteiger charge is 2.44. The maximum Gasteiger partial charge on any atom is 0.328 e.